The molecule has 1 amide bonds. The summed E-state index contributed by atoms with van der Waals surface area (Å²) in [7, 11) is 0. The zero-order valence-electron chi connectivity index (χ0n) is 13.1. The van der Waals surface area contributed by atoms with Gasteiger partial charge in [0, 0.05) is 18.8 Å². The second-order valence-corrected chi connectivity index (χ2v) is 5.83. The van der Waals surface area contributed by atoms with E-state index in [-0.39, 0.29) is 5.91 Å². The molecular weight excluding hydrogens is 288 g/mol. The van der Waals surface area contributed by atoms with Crippen molar-refractivity contribution >= 4 is 17.3 Å². The molecule has 1 fully saturated rings. The zero-order valence-corrected chi connectivity index (χ0v) is 13.1. The molecule has 0 spiro atoms. The Hall–Kier alpha value is -2.33. The van der Waals surface area contributed by atoms with Gasteiger partial charge in [-0.2, -0.15) is 0 Å². The van der Waals surface area contributed by atoms with E-state index in [1.807, 2.05) is 54.6 Å². The molecule has 0 radical (unpaired) electrons. The minimum atomic E-state index is -0.0467. The lowest BCUT2D eigenvalue weighted by atomic mass is 10.0. The lowest BCUT2D eigenvalue weighted by molar-refractivity contribution is 0.0536. The Kier molecular flexibility index (Phi) is 5.27. The van der Waals surface area contributed by atoms with E-state index in [0.717, 1.165) is 37.4 Å². The zero-order chi connectivity index (χ0) is 15.9. The van der Waals surface area contributed by atoms with Crippen molar-refractivity contribution in [3.63, 3.8) is 0 Å². The molecular formula is C19H22N2O2. The van der Waals surface area contributed by atoms with Crippen LogP contribution >= 0.6 is 0 Å². The number of benzene rings is 2. The Morgan fingerprint density at radius 3 is 2.65 bits per heavy atom. The smallest absolute Gasteiger partial charge is 0.253 e. The van der Waals surface area contributed by atoms with E-state index >= 15 is 0 Å². The summed E-state index contributed by atoms with van der Waals surface area (Å²) < 4.78 is 5.46. The summed E-state index contributed by atoms with van der Waals surface area (Å²) >= 11 is 0. The summed E-state index contributed by atoms with van der Waals surface area (Å²) in [6, 6.07) is 17.4. The molecule has 3 rings (SSSR count). The molecule has 2 N–H and O–H groups in total. The first-order chi connectivity index (χ1) is 11.3. The lowest BCUT2D eigenvalue weighted by Gasteiger charge is -2.22. The van der Waals surface area contributed by atoms with Gasteiger partial charge in [-0.15, -0.1) is 0 Å². The molecule has 1 saturated heterocycles. The van der Waals surface area contributed by atoms with Crippen molar-refractivity contribution in [1.29, 1.82) is 0 Å². The summed E-state index contributed by atoms with van der Waals surface area (Å²) in [5, 5.41) is 6.34. The number of carbonyl (C=O) groups is 1. The van der Waals surface area contributed by atoms with Gasteiger partial charge in [-0.1, -0.05) is 30.3 Å². The maximum absolute atomic E-state index is 12.5. The number of hydrogen-bond donors (Lipinski definition) is 2. The molecule has 1 aliphatic heterocycles. The molecule has 0 aromatic heterocycles. The van der Waals surface area contributed by atoms with Crippen LogP contribution in [0.2, 0.25) is 0 Å². The van der Waals surface area contributed by atoms with Crippen LogP contribution < -0.4 is 10.6 Å². The van der Waals surface area contributed by atoms with Gasteiger partial charge in [0.05, 0.1) is 17.9 Å². The SMILES string of the molecule is O=C(NCC1CCCOC1)c1ccccc1Nc1ccccc1. The quantitative estimate of drug-likeness (QED) is 0.887. The van der Waals surface area contributed by atoms with Crippen LogP contribution in [0.15, 0.2) is 54.6 Å². The highest BCUT2D eigenvalue weighted by atomic mass is 16.5. The first-order valence-corrected chi connectivity index (χ1v) is 8.10. The van der Waals surface area contributed by atoms with Crippen molar-refractivity contribution in [1.82, 2.24) is 5.32 Å². The summed E-state index contributed by atoms with van der Waals surface area (Å²) in [5.41, 5.74) is 2.44. The number of anilines is 2. The molecule has 2 aromatic carbocycles. The van der Waals surface area contributed by atoms with Gasteiger partial charge >= 0.3 is 0 Å². The van der Waals surface area contributed by atoms with Crippen LogP contribution in [0.5, 0.6) is 0 Å². The summed E-state index contributed by atoms with van der Waals surface area (Å²) in [4.78, 5) is 12.5. The highest BCUT2D eigenvalue weighted by Gasteiger charge is 2.16. The molecule has 1 aliphatic rings. The van der Waals surface area contributed by atoms with E-state index in [2.05, 4.69) is 10.6 Å². The highest BCUT2D eigenvalue weighted by Crippen LogP contribution is 2.21. The number of hydrogen-bond acceptors (Lipinski definition) is 3. The van der Waals surface area contributed by atoms with Crippen molar-refractivity contribution in [2.45, 2.75) is 12.8 Å². The van der Waals surface area contributed by atoms with Crippen molar-refractivity contribution in [3.8, 4) is 0 Å². The minimum absolute atomic E-state index is 0.0467. The van der Waals surface area contributed by atoms with Crippen LogP contribution in [-0.4, -0.2) is 25.7 Å². The average molecular weight is 310 g/mol. The van der Waals surface area contributed by atoms with Gasteiger partial charge in [0.25, 0.3) is 5.91 Å². The van der Waals surface area contributed by atoms with Crippen LogP contribution in [0.3, 0.4) is 0 Å². The van der Waals surface area contributed by atoms with E-state index in [1.54, 1.807) is 0 Å². The number of carbonyl (C=O) groups excluding carboxylic acids is 1. The van der Waals surface area contributed by atoms with Crippen molar-refractivity contribution in [2.24, 2.45) is 5.92 Å². The third-order valence-electron chi connectivity index (χ3n) is 4.03. The molecule has 2 aromatic rings. The summed E-state index contributed by atoms with van der Waals surface area (Å²) in [5.74, 6) is 0.372. The van der Waals surface area contributed by atoms with Crippen LogP contribution in [0.4, 0.5) is 11.4 Å². The second-order valence-electron chi connectivity index (χ2n) is 5.83. The standard InChI is InChI=1S/C19H22N2O2/c22-19(20-13-15-7-6-12-23-14-15)17-10-4-5-11-18(17)21-16-8-2-1-3-9-16/h1-5,8-11,15,21H,6-7,12-14H2,(H,20,22). The Bertz CT molecular complexity index is 637. The second kappa shape index (κ2) is 7.79. The van der Waals surface area contributed by atoms with E-state index in [4.69, 9.17) is 4.74 Å². The number of para-hydroxylation sites is 2. The maximum Gasteiger partial charge on any atom is 0.253 e. The molecule has 120 valence electrons. The van der Waals surface area contributed by atoms with E-state index in [9.17, 15) is 4.79 Å². The predicted octanol–water partition coefficient (Wildman–Crippen LogP) is 3.59. The lowest BCUT2D eigenvalue weighted by Crippen LogP contribution is -2.33. The Morgan fingerprint density at radius 1 is 1.09 bits per heavy atom. The van der Waals surface area contributed by atoms with Gasteiger partial charge in [0.2, 0.25) is 0 Å². The third-order valence-corrected chi connectivity index (χ3v) is 4.03. The molecule has 1 heterocycles. The van der Waals surface area contributed by atoms with Gasteiger partial charge in [-0.25, -0.2) is 0 Å². The Labute approximate surface area is 136 Å². The number of amides is 1. The van der Waals surface area contributed by atoms with Crippen LogP contribution in [0, 0.1) is 5.92 Å². The number of nitrogens with one attached hydrogen (secondary N) is 2. The molecule has 4 nitrogen and oxygen atoms in total. The van der Waals surface area contributed by atoms with Gasteiger partial charge in [-0.3, -0.25) is 4.79 Å². The Morgan fingerprint density at radius 2 is 1.87 bits per heavy atom. The van der Waals surface area contributed by atoms with E-state index in [0.29, 0.717) is 18.0 Å². The van der Waals surface area contributed by atoms with Gasteiger partial charge in [0.15, 0.2) is 0 Å². The Balaban J connectivity index is 1.65. The van der Waals surface area contributed by atoms with E-state index in [1.165, 1.54) is 0 Å². The minimum Gasteiger partial charge on any atom is -0.381 e. The fourth-order valence-electron chi connectivity index (χ4n) is 2.77. The van der Waals surface area contributed by atoms with Crippen LogP contribution in [0.25, 0.3) is 0 Å². The van der Waals surface area contributed by atoms with Crippen molar-refractivity contribution in [2.75, 3.05) is 25.1 Å². The molecule has 1 atom stereocenters. The van der Waals surface area contributed by atoms with Gasteiger partial charge < -0.3 is 15.4 Å². The molecule has 4 heteroatoms. The highest BCUT2D eigenvalue weighted by molar-refractivity contribution is 6.00. The normalized spacial score (nSPS) is 17.5. The maximum atomic E-state index is 12.5. The predicted molar refractivity (Wildman–Crippen MR) is 92.0 cm³/mol. The fraction of sp³-hybridized carbons (Fsp3) is 0.316. The third kappa shape index (κ3) is 4.33. The number of rotatable bonds is 5. The molecule has 1 unspecified atom stereocenters. The van der Waals surface area contributed by atoms with Crippen molar-refractivity contribution in [3.05, 3.63) is 60.2 Å². The van der Waals surface area contributed by atoms with Crippen LogP contribution in [-0.2, 0) is 4.74 Å². The first-order valence-electron chi connectivity index (χ1n) is 8.10. The van der Waals surface area contributed by atoms with E-state index < -0.39 is 0 Å². The fourth-order valence-corrected chi connectivity index (χ4v) is 2.77. The number of ether oxygens (including phenoxy) is 1. The summed E-state index contributed by atoms with van der Waals surface area (Å²) in [6.07, 6.45) is 2.19. The van der Waals surface area contributed by atoms with Crippen molar-refractivity contribution < 1.29 is 9.53 Å². The topological polar surface area (TPSA) is 50.4 Å². The first kappa shape index (κ1) is 15.6. The van der Waals surface area contributed by atoms with Gasteiger partial charge in [-0.05, 0) is 43.0 Å². The average Bonchev–Trinajstić information content (AvgIpc) is 2.62. The molecule has 0 bridgehead atoms. The molecule has 0 aliphatic carbocycles. The van der Waals surface area contributed by atoms with Crippen LogP contribution in [0.1, 0.15) is 23.2 Å². The molecule has 23 heavy (non-hydrogen) atoms. The molecule has 0 saturated carbocycles. The van der Waals surface area contributed by atoms with Gasteiger partial charge in [0.1, 0.15) is 0 Å². The largest absolute Gasteiger partial charge is 0.381 e. The monoisotopic (exact) mass is 310 g/mol. The summed E-state index contributed by atoms with van der Waals surface area (Å²) in [6.45, 7) is 2.25.